The Hall–Kier alpha value is -2.86. The van der Waals surface area contributed by atoms with E-state index >= 15 is 0 Å². The topological polar surface area (TPSA) is 68.3 Å². The van der Waals surface area contributed by atoms with Crippen LogP contribution < -0.4 is 0 Å². The fourth-order valence-corrected chi connectivity index (χ4v) is 16.4. The van der Waals surface area contributed by atoms with E-state index in [-0.39, 0.29) is 22.3 Å². The Morgan fingerprint density at radius 3 is 1.05 bits per heavy atom. The third-order valence-corrected chi connectivity index (χ3v) is 20.6. The summed E-state index contributed by atoms with van der Waals surface area (Å²) in [7, 11) is -7.27. The van der Waals surface area contributed by atoms with Crippen molar-refractivity contribution < 1.29 is 16.8 Å². The summed E-state index contributed by atoms with van der Waals surface area (Å²) < 4.78 is 57.5. The molecule has 0 amide bonds. The molecule has 334 valence electrons. The van der Waals surface area contributed by atoms with Crippen LogP contribution in [0.1, 0.15) is 144 Å². The van der Waals surface area contributed by atoms with Gasteiger partial charge in [-0.05, 0) is 82.3 Å². The lowest BCUT2D eigenvalue weighted by Crippen LogP contribution is -2.10. The van der Waals surface area contributed by atoms with E-state index in [1.807, 2.05) is 12.1 Å². The van der Waals surface area contributed by atoms with Crippen molar-refractivity contribution in [3.8, 4) is 50.1 Å². The van der Waals surface area contributed by atoms with Gasteiger partial charge in [0.15, 0.2) is 19.7 Å². The lowest BCUT2D eigenvalue weighted by molar-refractivity contribution is 0.583. The molecule has 62 heavy (non-hydrogen) atoms. The summed E-state index contributed by atoms with van der Waals surface area (Å²) in [5.74, 6) is 0.189. The van der Waals surface area contributed by atoms with Gasteiger partial charge in [0.25, 0.3) is 0 Å². The smallest absolute Gasteiger partial charge is 0.179 e. The lowest BCUT2D eigenvalue weighted by atomic mass is 9.86. The zero-order chi connectivity index (χ0) is 44.7. The SMILES string of the molecule is CCCCCCCCS(=O)(=O)c1cc(-c2cc(S(=O)(=O)CCCCCCCC)c(-c3ccc(-c4ccc(C(C)(C)C)cc4)s3)s2)sc1-c1ccc(-c2ccc(C(C)(C)C)cc2)s1. The molecule has 0 N–H and O–H groups in total. The van der Waals surface area contributed by atoms with E-state index in [0.29, 0.717) is 22.6 Å². The van der Waals surface area contributed by atoms with Crippen LogP contribution in [-0.2, 0) is 30.5 Å². The largest absolute Gasteiger partial charge is 0.224 e. The minimum atomic E-state index is -3.64. The van der Waals surface area contributed by atoms with Gasteiger partial charge in [-0.2, -0.15) is 0 Å². The van der Waals surface area contributed by atoms with Gasteiger partial charge in [0.1, 0.15) is 0 Å². The highest BCUT2D eigenvalue weighted by Gasteiger charge is 2.29. The van der Waals surface area contributed by atoms with Crippen LogP contribution in [0.2, 0.25) is 0 Å². The molecule has 4 nitrogen and oxygen atoms in total. The molecule has 0 bridgehead atoms. The fraction of sp³-hybridized carbons (Fsp3) is 0.462. The van der Waals surface area contributed by atoms with Crippen LogP contribution >= 0.6 is 45.3 Å². The molecule has 0 saturated heterocycles. The Morgan fingerprint density at radius 1 is 0.387 bits per heavy atom. The highest BCUT2D eigenvalue weighted by molar-refractivity contribution is 7.92. The van der Waals surface area contributed by atoms with Gasteiger partial charge in [-0.15, -0.1) is 45.3 Å². The first-order valence-electron chi connectivity index (χ1n) is 22.6. The standard InChI is InChI=1S/C52H66O4S6/c1-9-11-13-15-17-19-33-61(53,54)47-35-45(59-49(47)43-31-29-41(57-43)37-21-25-39(26-22-37)51(3,4)5)46-36-48(62(55,56)34-20-18-16-14-12-10-2)50(60-46)44-32-30-42(58-44)38-23-27-40(28-24-38)52(6,7)8/h21-32,35-36H,9-20,33-34H2,1-8H3. The molecule has 0 radical (unpaired) electrons. The summed E-state index contributed by atoms with van der Waals surface area (Å²) in [6.07, 6.45) is 12.0. The monoisotopic (exact) mass is 946 g/mol. The van der Waals surface area contributed by atoms with Crippen LogP contribution in [-0.4, -0.2) is 28.3 Å². The van der Waals surface area contributed by atoms with Gasteiger partial charge in [0.2, 0.25) is 0 Å². The van der Waals surface area contributed by atoms with Gasteiger partial charge in [-0.3, -0.25) is 0 Å². The van der Waals surface area contributed by atoms with E-state index in [1.54, 1.807) is 22.7 Å². The Balaban J connectivity index is 1.40. The summed E-state index contributed by atoms with van der Waals surface area (Å²) in [4.78, 5) is 7.72. The number of hydrogen-bond donors (Lipinski definition) is 0. The van der Waals surface area contributed by atoms with E-state index in [1.165, 1.54) is 46.6 Å². The maximum Gasteiger partial charge on any atom is 0.179 e. The molecule has 0 aliphatic carbocycles. The molecule has 4 heterocycles. The average molecular weight is 947 g/mol. The number of benzene rings is 2. The van der Waals surface area contributed by atoms with E-state index in [0.717, 1.165) is 102 Å². The summed E-state index contributed by atoms with van der Waals surface area (Å²) in [6, 6.07) is 29.3. The maximum atomic E-state index is 14.4. The molecule has 0 aliphatic rings. The Bertz CT molecular complexity index is 2400. The van der Waals surface area contributed by atoms with Gasteiger partial charge < -0.3 is 0 Å². The quantitative estimate of drug-likeness (QED) is 0.0674. The van der Waals surface area contributed by atoms with Gasteiger partial charge in [-0.1, -0.05) is 168 Å². The number of rotatable bonds is 21. The van der Waals surface area contributed by atoms with Crippen molar-refractivity contribution in [2.24, 2.45) is 0 Å². The van der Waals surface area contributed by atoms with E-state index in [2.05, 4.69) is 128 Å². The molecule has 0 spiro atoms. The van der Waals surface area contributed by atoms with Crippen molar-refractivity contribution in [3.63, 3.8) is 0 Å². The second kappa shape index (κ2) is 21.0. The second-order valence-electron chi connectivity index (χ2n) is 18.8. The summed E-state index contributed by atoms with van der Waals surface area (Å²) >= 11 is 6.16. The minimum Gasteiger partial charge on any atom is -0.224 e. The molecule has 10 heteroatoms. The fourth-order valence-electron chi connectivity index (χ4n) is 7.66. The molecule has 2 aromatic carbocycles. The number of thiophene rings is 4. The molecule has 0 aliphatic heterocycles. The Labute approximate surface area is 389 Å². The molecule has 0 saturated carbocycles. The highest BCUT2D eigenvalue weighted by Crippen LogP contribution is 2.50. The minimum absolute atomic E-state index is 0.0467. The first-order chi connectivity index (χ1) is 29.4. The van der Waals surface area contributed by atoms with Crippen molar-refractivity contribution in [3.05, 3.63) is 96.1 Å². The summed E-state index contributed by atoms with van der Waals surface area (Å²) in [5.41, 5.74) is 4.83. The third-order valence-electron chi connectivity index (χ3n) is 11.6. The van der Waals surface area contributed by atoms with Gasteiger partial charge in [0, 0.05) is 29.3 Å². The van der Waals surface area contributed by atoms with Crippen molar-refractivity contribution in [1.29, 1.82) is 0 Å². The van der Waals surface area contributed by atoms with Gasteiger partial charge in [0.05, 0.1) is 31.1 Å². The first kappa shape index (κ1) is 48.6. The van der Waals surface area contributed by atoms with Crippen LogP contribution in [0.4, 0.5) is 0 Å². The van der Waals surface area contributed by atoms with Gasteiger partial charge >= 0.3 is 0 Å². The zero-order valence-corrected chi connectivity index (χ0v) is 43.0. The molecular weight excluding hydrogens is 881 g/mol. The third kappa shape index (κ3) is 12.3. The average Bonchev–Trinajstić information content (AvgIpc) is 4.06. The highest BCUT2D eigenvalue weighted by atomic mass is 32.2. The normalized spacial score (nSPS) is 12.7. The molecule has 6 rings (SSSR count). The van der Waals surface area contributed by atoms with E-state index < -0.39 is 19.7 Å². The Morgan fingerprint density at radius 2 is 0.710 bits per heavy atom. The summed E-state index contributed by atoms with van der Waals surface area (Å²) in [5, 5.41) is 0. The van der Waals surface area contributed by atoms with E-state index in [4.69, 9.17) is 0 Å². The first-order valence-corrected chi connectivity index (χ1v) is 29.1. The Kier molecular flexibility index (Phi) is 16.4. The predicted molar refractivity (Wildman–Crippen MR) is 273 cm³/mol. The van der Waals surface area contributed by atoms with Crippen molar-refractivity contribution in [2.45, 2.75) is 153 Å². The predicted octanol–water partition coefficient (Wildman–Crippen LogP) is 17.1. The summed E-state index contributed by atoms with van der Waals surface area (Å²) in [6.45, 7) is 17.6. The van der Waals surface area contributed by atoms with Gasteiger partial charge in [-0.25, -0.2) is 16.8 Å². The van der Waals surface area contributed by atoms with Crippen molar-refractivity contribution >= 4 is 65.0 Å². The van der Waals surface area contributed by atoms with Crippen molar-refractivity contribution in [2.75, 3.05) is 11.5 Å². The van der Waals surface area contributed by atoms with Crippen LogP contribution in [0.25, 0.3) is 50.1 Å². The second-order valence-corrected chi connectivity index (χ2v) is 27.2. The molecule has 4 aromatic heterocycles. The number of unbranched alkanes of at least 4 members (excludes halogenated alkanes) is 10. The maximum absolute atomic E-state index is 14.4. The lowest BCUT2D eigenvalue weighted by Gasteiger charge is -2.19. The molecular formula is C52H66O4S6. The van der Waals surface area contributed by atoms with Crippen LogP contribution in [0.15, 0.2) is 94.7 Å². The molecule has 0 atom stereocenters. The number of hydrogen-bond acceptors (Lipinski definition) is 8. The van der Waals surface area contributed by atoms with Crippen LogP contribution in [0, 0.1) is 0 Å². The molecule has 0 unspecified atom stereocenters. The molecule has 0 fully saturated rings. The zero-order valence-electron chi connectivity index (χ0n) is 38.1. The van der Waals surface area contributed by atoms with E-state index in [9.17, 15) is 16.8 Å². The van der Waals surface area contributed by atoms with Crippen LogP contribution in [0.3, 0.4) is 0 Å². The van der Waals surface area contributed by atoms with Crippen LogP contribution in [0.5, 0.6) is 0 Å². The van der Waals surface area contributed by atoms with Crippen molar-refractivity contribution in [1.82, 2.24) is 0 Å². The molecule has 6 aromatic rings. The number of sulfone groups is 2.